The van der Waals surface area contributed by atoms with Gasteiger partial charge in [-0.15, -0.1) is 0 Å². The summed E-state index contributed by atoms with van der Waals surface area (Å²) in [4.78, 5) is 2.36. The van der Waals surface area contributed by atoms with E-state index in [2.05, 4.69) is 26.9 Å². The molecule has 0 aromatic carbocycles. The van der Waals surface area contributed by atoms with Crippen molar-refractivity contribution in [3.63, 3.8) is 0 Å². The molecule has 1 aliphatic heterocycles. The molecule has 1 fully saturated rings. The van der Waals surface area contributed by atoms with Gasteiger partial charge in [0.15, 0.2) is 0 Å². The number of anilines is 1. The Kier molecular flexibility index (Phi) is 3.50. The highest BCUT2D eigenvalue weighted by Crippen LogP contribution is 2.23. The molecular formula is C12H16N4O2S. The molecule has 1 unspecified atom stereocenters. The fourth-order valence-corrected chi connectivity index (χ4v) is 2.75. The maximum absolute atomic E-state index is 10.7. The van der Waals surface area contributed by atoms with Crippen molar-refractivity contribution in [2.75, 3.05) is 18.0 Å². The molecule has 19 heavy (non-hydrogen) atoms. The van der Waals surface area contributed by atoms with Crippen LogP contribution in [0.4, 0.5) is 5.69 Å². The zero-order valence-electron chi connectivity index (χ0n) is 10.5. The number of hydrogen-bond acceptors (Lipinski definition) is 3. The van der Waals surface area contributed by atoms with Crippen LogP contribution in [-0.4, -0.2) is 31.5 Å². The van der Waals surface area contributed by atoms with Crippen LogP contribution in [0, 0.1) is 0 Å². The molecule has 2 aromatic heterocycles. The molecule has 1 aliphatic rings. The molecule has 0 saturated carbocycles. The van der Waals surface area contributed by atoms with Crippen molar-refractivity contribution in [1.29, 1.82) is 0 Å². The molecule has 0 amide bonds. The van der Waals surface area contributed by atoms with E-state index < -0.39 is 11.3 Å². The number of hydrogen-bond donors (Lipinski definition) is 2. The first-order valence-corrected chi connectivity index (χ1v) is 7.40. The topological polar surface area (TPSA) is 69.9 Å². The Balaban J connectivity index is 1.91. The highest BCUT2D eigenvalue weighted by Gasteiger charge is 2.14. The van der Waals surface area contributed by atoms with Gasteiger partial charge in [-0.1, -0.05) is 0 Å². The van der Waals surface area contributed by atoms with Crippen molar-refractivity contribution in [1.82, 2.24) is 14.3 Å². The van der Waals surface area contributed by atoms with Gasteiger partial charge in [0.2, 0.25) is 11.3 Å². The Morgan fingerprint density at radius 2 is 2.21 bits per heavy atom. The second-order valence-electron chi connectivity index (χ2n) is 4.65. The van der Waals surface area contributed by atoms with Crippen LogP contribution >= 0.6 is 0 Å². The summed E-state index contributed by atoms with van der Waals surface area (Å²) in [6.45, 7) is 2.52. The van der Waals surface area contributed by atoms with Gasteiger partial charge in [0.05, 0.1) is 11.7 Å². The van der Waals surface area contributed by atoms with E-state index in [0.717, 1.165) is 24.2 Å². The molecule has 2 aromatic rings. The van der Waals surface area contributed by atoms with Crippen LogP contribution in [0.25, 0.3) is 5.52 Å². The molecule has 3 rings (SSSR count). The van der Waals surface area contributed by atoms with Gasteiger partial charge < -0.3 is 4.90 Å². The average Bonchev–Trinajstić information content (AvgIpc) is 3.05. The van der Waals surface area contributed by atoms with Crippen molar-refractivity contribution in [2.45, 2.75) is 19.4 Å². The average molecular weight is 280 g/mol. The van der Waals surface area contributed by atoms with E-state index in [1.165, 1.54) is 18.5 Å². The lowest BCUT2D eigenvalue weighted by Crippen LogP contribution is -2.18. The normalized spacial score (nSPS) is 17.2. The van der Waals surface area contributed by atoms with Crippen LogP contribution in [0.5, 0.6) is 0 Å². The molecule has 2 N–H and O–H groups in total. The molecule has 0 spiro atoms. The van der Waals surface area contributed by atoms with E-state index in [1.807, 2.05) is 6.20 Å². The highest BCUT2D eigenvalue weighted by molar-refractivity contribution is 7.77. The van der Waals surface area contributed by atoms with Gasteiger partial charge in [-0.3, -0.25) is 4.55 Å². The minimum absolute atomic E-state index is 0.329. The number of pyridine rings is 1. The van der Waals surface area contributed by atoms with Crippen molar-refractivity contribution in [2.24, 2.45) is 0 Å². The van der Waals surface area contributed by atoms with Crippen molar-refractivity contribution in [3.05, 3.63) is 30.1 Å². The van der Waals surface area contributed by atoms with Gasteiger partial charge >= 0.3 is 0 Å². The number of fused-ring (bicyclic) bond motifs is 1. The molecule has 1 atom stereocenters. The molecule has 0 radical (unpaired) electrons. The lowest BCUT2D eigenvalue weighted by Gasteiger charge is -2.17. The summed E-state index contributed by atoms with van der Waals surface area (Å²) in [6, 6.07) is 4.16. The Labute approximate surface area is 113 Å². The summed E-state index contributed by atoms with van der Waals surface area (Å²) < 4.78 is 23.7. The summed E-state index contributed by atoms with van der Waals surface area (Å²) >= 11 is -2.00. The minimum atomic E-state index is -2.00. The summed E-state index contributed by atoms with van der Waals surface area (Å²) in [5, 5.41) is 4.24. The smallest absolute Gasteiger partial charge is 0.232 e. The third-order valence-corrected chi connectivity index (χ3v) is 3.83. The van der Waals surface area contributed by atoms with Crippen molar-refractivity contribution >= 4 is 22.5 Å². The lowest BCUT2D eigenvalue weighted by molar-refractivity contribution is 0.549. The Morgan fingerprint density at radius 1 is 1.42 bits per heavy atom. The van der Waals surface area contributed by atoms with E-state index in [0.29, 0.717) is 6.54 Å². The van der Waals surface area contributed by atoms with Crippen LogP contribution in [-0.2, 0) is 17.8 Å². The SMILES string of the molecule is O=S(O)NCc1cnn2ccc(N3CCCC3)cc12. The Morgan fingerprint density at radius 3 is 2.95 bits per heavy atom. The predicted octanol–water partition coefficient (Wildman–Crippen LogP) is 1.16. The number of rotatable bonds is 4. The van der Waals surface area contributed by atoms with E-state index >= 15 is 0 Å². The maximum Gasteiger partial charge on any atom is 0.232 e. The van der Waals surface area contributed by atoms with Crippen LogP contribution in [0.1, 0.15) is 18.4 Å². The van der Waals surface area contributed by atoms with Crippen molar-refractivity contribution in [3.8, 4) is 0 Å². The van der Waals surface area contributed by atoms with E-state index in [4.69, 9.17) is 4.55 Å². The standard InChI is InChI=1S/C12H16N4O2S/c17-19(18)14-9-10-8-13-16-6-3-11(7-12(10)16)15-4-1-2-5-15/h3,6-8,14H,1-2,4-5,9H2,(H,17,18). The van der Waals surface area contributed by atoms with Crippen LogP contribution in [0.2, 0.25) is 0 Å². The first-order valence-electron chi connectivity index (χ1n) is 6.29. The van der Waals surface area contributed by atoms with Crippen LogP contribution in [0.3, 0.4) is 0 Å². The van der Waals surface area contributed by atoms with Crippen LogP contribution in [0.15, 0.2) is 24.5 Å². The third-order valence-electron chi connectivity index (χ3n) is 3.44. The summed E-state index contributed by atoms with van der Waals surface area (Å²) in [6.07, 6.45) is 6.13. The van der Waals surface area contributed by atoms with Gasteiger partial charge in [0.1, 0.15) is 0 Å². The zero-order valence-corrected chi connectivity index (χ0v) is 11.3. The van der Waals surface area contributed by atoms with Crippen LogP contribution < -0.4 is 9.62 Å². The Hall–Kier alpha value is -1.44. The van der Waals surface area contributed by atoms with Gasteiger partial charge in [0.25, 0.3) is 0 Å². The minimum Gasteiger partial charge on any atom is -0.371 e. The zero-order chi connectivity index (χ0) is 13.2. The second-order valence-corrected chi connectivity index (χ2v) is 5.44. The second kappa shape index (κ2) is 5.28. The van der Waals surface area contributed by atoms with E-state index in [9.17, 15) is 4.21 Å². The maximum atomic E-state index is 10.7. The largest absolute Gasteiger partial charge is 0.371 e. The van der Waals surface area contributed by atoms with Gasteiger partial charge in [0, 0.05) is 37.1 Å². The van der Waals surface area contributed by atoms with Gasteiger partial charge in [-0.05, 0) is 25.0 Å². The highest BCUT2D eigenvalue weighted by atomic mass is 32.2. The number of nitrogens with one attached hydrogen (secondary N) is 1. The van der Waals surface area contributed by atoms with Gasteiger partial charge in [-0.2, -0.15) is 5.10 Å². The molecule has 1 saturated heterocycles. The fourth-order valence-electron chi connectivity index (χ4n) is 2.47. The third kappa shape index (κ3) is 2.63. The molecule has 7 heteroatoms. The predicted molar refractivity (Wildman–Crippen MR) is 74.2 cm³/mol. The molecule has 3 heterocycles. The van der Waals surface area contributed by atoms with Gasteiger partial charge in [-0.25, -0.2) is 13.4 Å². The van der Waals surface area contributed by atoms with Crippen molar-refractivity contribution < 1.29 is 8.76 Å². The Bertz CT molecular complexity index is 607. The first-order chi connectivity index (χ1) is 9.24. The summed E-state index contributed by atoms with van der Waals surface area (Å²) in [5.74, 6) is 0. The number of aromatic nitrogens is 2. The molecule has 102 valence electrons. The van der Waals surface area contributed by atoms with E-state index in [-0.39, 0.29) is 0 Å². The summed E-state index contributed by atoms with van der Waals surface area (Å²) in [5.41, 5.74) is 3.09. The number of nitrogens with zero attached hydrogens (tertiary/aromatic N) is 3. The van der Waals surface area contributed by atoms with E-state index in [1.54, 1.807) is 10.7 Å². The molecule has 0 aliphatic carbocycles. The molecule has 0 bridgehead atoms. The quantitative estimate of drug-likeness (QED) is 0.825. The molecule has 6 nitrogen and oxygen atoms in total. The summed E-state index contributed by atoms with van der Waals surface area (Å²) in [7, 11) is 0. The first kappa shape index (κ1) is 12.6. The fraction of sp³-hybridized carbons (Fsp3) is 0.417. The lowest BCUT2D eigenvalue weighted by atomic mass is 10.2. The monoisotopic (exact) mass is 280 g/mol. The molecular weight excluding hydrogens is 264 g/mol.